The zero-order valence-electron chi connectivity index (χ0n) is 10.4. The minimum atomic E-state index is -0.532. The highest BCUT2D eigenvalue weighted by molar-refractivity contribution is 5.85. The van der Waals surface area contributed by atoms with Crippen LogP contribution < -0.4 is 11.1 Å². The van der Waals surface area contributed by atoms with Crippen LogP contribution in [0.3, 0.4) is 0 Å². The molecule has 0 radical (unpaired) electrons. The summed E-state index contributed by atoms with van der Waals surface area (Å²) in [6.45, 7) is 2.98. The van der Waals surface area contributed by atoms with E-state index < -0.39 is 5.54 Å². The van der Waals surface area contributed by atoms with Crippen molar-refractivity contribution in [3.05, 3.63) is 0 Å². The zero-order valence-corrected chi connectivity index (χ0v) is 10.4. The summed E-state index contributed by atoms with van der Waals surface area (Å²) in [7, 11) is 1.80. The number of carbonyl (C=O) groups excluding carboxylic acids is 1. The second-order valence-corrected chi connectivity index (χ2v) is 4.64. The number of amides is 1. The van der Waals surface area contributed by atoms with Crippen LogP contribution in [0.15, 0.2) is 0 Å². The van der Waals surface area contributed by atoms with Crippen molar-refractivity contribution >= 4 is 5.91 Å². The molecule has 94 valence electrons. The van der Waals surface area contributed by atoms with Crippen molar-refractivity contribution in [2.75, 3.05) is 13.7 Å². The first-order chi connectivity index (χ1) is 7.64. The maximum Gasteiger partial charge on any atom is 0.237 e. The summed E-state index contributed by atoms with van der Waals surface area (Å²) in [5, 5.41) is 3.05. The molecule has 0 spiro atoms. The minimum absolute atomic E-state index is 0.191. The Kier molecular flexibility index (Phi) is 5.22. The molecule has 1 saturated carbocycles. The van der Waals surface area contributed by atoms with Gasteiger partial charge in [-0.25, -0.2) is 0 Å². The maximum atomic E-state index is 11.4. The van der Waals surface area contributed by atoms with Gasteiger partial charge >= 0.3 is 0 Å². The van der Waals surface area contributed by atoms with Gasteiger partial charge in [-0.2, -0.15) is 0 Å². The zero-order chi connectivity index (χ0) is 12.0. The predicted molar refractivity (Wildman–Crippen MR) is 64.1 cm³/mol. The number of carbonyl (C=O) groups is 1. The van der Waals surface area contributed by atoms with Crippen molar-refractivity contribution in [1.29, 1.82) is 0 Å². The van der Waals surface area contributed by atoms with E-state index in [2.05, 4.69) is 12.2 Å². The second kappa shape index (κ2) is 6.21. The van der Waals surface area contributed by atoms with Crippen molar-refractivity contribution in [2.45, 2.75) is 57.1 Å². The van der Waals surface area contributed by atoms with Crippen LogP contribution in [-0.2, 0) is 9.53 Å². The van der Waals surface area contributed by atoms with Crippen LogP contribution in [0.1, 0.15) is 45.4 Å². The van der Waals surface area contributed by atoms with E-state index in [1.54, 1.807) is 7.05 Å². The Morgan fingerprint density at radius 2 is 2.31 bits per heavy atom. The van der Waals surface area contributed by atoms with Gasteiger partial charge in [-0.05, 0) is 26.3 Å². The molecule has 16 heavy (non-hydrogen) atoms. The molecule has 0 bridgehead atoms. The lowest BCUT2D eigenvalue weighted by molar-refractivity contribution is -0.124. The lowest BCUT2D eigenvalue weighted by Gasteiger charge is -2.24. The molecule has 2 unspecified atom stereocenters. The molecule has 1 fully saturated rings. The summed E-state index contributed by atoms with van der Waals surface area (Å²) < 4.78 is 5.76. The van der Waals surface area contributed by atoms with Gasteiger partial charge in [0.25, 0.3) is 0 Å². The molecule has 0 aromatic carbocycles. The van der Waals surface area contributed by atoms with E-state index in [4.69, 9.17) is 10.5 Å². The second-order valence-electron chi connectivity index (χ2n) is 4.64. The van der Waals surface area contributed by atoms with Gasteiger partial charge in [-0.1, -0.05) is 19.8 Å². The van der Waals surface area contributed by atoms with E-state index in [1.807, 2.05) is 0 Å². The van der Waals surface area contributed by atoms with Gasteiger partial charge in [0.2, 0.25) is 5.91 Å². The van der Waals surface area contributed by atoms with Gasteiger partial charge in [0, 0.05) is 13.0 Å². The highest BCUT2D eigenvalue weighted by atomic mass is 16.5. The normalized spacial score (nSPS) is 29.5. The van der Waals surface area contributed by atoms with Crippen LogP contribution in [0.5, 0.6) is 0 Å². The number of unbranched alkanes of at least 4 members (excludes halogenated alkanes) is 2. The van der Waals surface area contributed by atoms with E-state index in [9.17, 15) is 4.79 Å². The molecular formula is C12H24N2O2. The molecule has 3 N–H and O–H groups in total. The Balaban J connectivity index is 2.31. The van der Waals surface area contributed by atoms with E-state index in [-0.39, 0.29) is 12.0 Å². The topological polar surface area (TPSA) is 64.3 Å². The molecule has 0 heterocycles. The van der Waals surface area contributed by atoms with Crippen LogP contribution in [0.25, 0.3) is 0 Å². The van der Waals surface area contributed by atoms with E-state index in [1.165, 1.54) is 12.8 Å². The predicted octanol–water partition coefficient (Wildman–Crippen LogP) is 1.19. The Hall–Kier alpha value is -0.610. The van der Waals surface area contributed by atoms with E-state index >= 15 is 0 Å². The Labute approximate surface area is 97.9 Å². The first-order valence-corrected chi connectivity index (χ1v) is 6.25. The van der Waals surface area contributed by atoms with E-state index in [0.717, 1.165) is 25.9 Å². The van der Waals surface area contributed by atoms with Crippen molar-refractivity contribution in [1.82, 2.24) is 5.32 Å². The molecule has 1 aliphatic rings. The third-order valence-electron chi connectivity index (χ3n) is 3.52. The van der Waals surface area contributed by atoms with Crippen molar-refractivity contribution in [3.63, 3.8) is 0 Å². The monoisotopic (exact) mass is 228 g/mol. The Bertz CT molecular complexity index is 233. The lowest BCUT2D eigenvalue weighted by Crippen LogP contribution is -2.52. The van der Waals surface area contributed by atoms with Gasteiger partial charge in [-0.3, -0.25) is 4.79 Å². The molecule has 4 heteroatoms. The lowest BCUT2D eigenvalue weighted by atomic mass is 9.97. The molecule has 0 aliphatic heterocycles. The van der Waals surface area contributed by atoms with Crippen LogP contribution in [0, 0.1) is 0 Å². The van der Waals surface area contributed by atoms with Crippen LogP contribution in [-0.4, -0.2) is 31.2 Å². The number of hydrogen-bond donors (Lipinski definition) is 2. The first kappa shape index (κ1) is 13.5. The van der Waals surface area contributed by atoms with Crippen molar-refractivity contribution < 1.29 is 9.53 Å². The highest BCUT2D eigenvalue weighted by Crippen LogP contribution is 2.31. The molecule has 0 aromatic heterocycles. The molecule has 1 rings (SSSR count). The summed E-state index contributed by atoms with van der Waals surface area (Å²) in [5.74, 6) is -0.255. The van der Waals surface area contributed by atoms with Gasteiger partial charge in [0.05, 0.1) is 11.6 Å². The summed E-state index contributed by atoms with van der Waals surface area (Å²) in [4.78, 5) is 11.4. The Morgan fingerprint density at radius 1 is 1.56 bits per heavy atom. The number of hydrogen-bond acceptors (Lipinski definition) is 3. The van der Waals surface area contributed by atoms with Crippen LogP contribution in [0.4, 0.5) is 0 Å². The third-order valence-corrected chi connectivity index (χ3v) is 3.52. The van der Waals surface area contributed by atoms with Gasteiger partial charge < -0.3 is 15.8 Å². The van der Waals surface area contributed by atoms with Crippen LogP contribution >= 0.6 is 0 Å². The summed E-state index contributed by atoms with van der Waals surface area (Å²) in [6.07, 6.45) is 6.14. The summed E-state index contributed by atoms with van der Waals surface area (Å²) in [6, 6.07) is 0. The van der Waals surface area contributed by atoms with Gasteiger partial charge in [0.15, 0.2) is 0 Å². The average Bonchev–Trinajstić information content (AvgIpc) is 2.69. The molecule has 1 amide bonds. The highest BCUT2D eigenvalue weighted by Gasteiger charge is 2.43. The average molecular weight is 228 g/mol. The molecule has 0 aromatic rings. The number of likely N-dealkylation sites (N-methyl/N-ethyl adjacent to an activating group) is 1. The standard InChI is InChI=1S/C12H24N2O2/c1-3-4-5-8-16-10-6-7-12(9-10,14-2)11(13)15/h10,14H,3-9H2,1-2H3,(H2,13,15). The minimum Gasteiger partial charge on any atom is -0.378 e. The molecule has 1 aliphatic carbocycles. The summed E-state index contributed by atoms with van der Waals surface area (Å²) in [5.41, 5.74) is 4.89. The molecule has 4 nitrogen and oxygen atoms in total. The number of ether oxygens (including phenoxy) is 1. The van der Waals surface area contributed by atoms with Gasteiger partial charge in [0.1, 0.15) is 0 Å². The Morgan fingerprint density at radius 3 is 2.81 bits per heavy atom. The van der Waals surface area contributed by atoms with E-state index in [0.29, 0.717) is 6.42 Å². The SMILES string of the molecule is CCCCCOC1CCC(NC)(C(N)=O)C1. The fourth-order valence-corrected chi connectivity index (χ4v) is 2.32. The maximum absolute atomic E-state index is 11.4. The largest absolute Gasteiger partial charge is 0.378 e. The number of primary amides is 1. The smallest absolute Gasteiger partial charge is 0.237 e. The molecular weight excluding hydrogens is 204 g/mol. The number of nitrogens with one attached hydrogen (secondary N) is 1. The number of nitrogens with two attached hydrogens (primary N) is 1. The fraction of sp³-hybridized carbons (Fsp3) is 0.917. The molecule has 2 atom stereocenters. The quantitative estimate of drug-likeness (QED) is 0.643. The van der Waals surface area contributed by atoms with Gasteiger partial charge in [-0.15, -0.1) is 0 Å². The third kappa shape index (κ3) is 3.19. The molecule has 0 saturated heterocycles. The first-order valence-electron chi connectivity index (χ1n) is 6.25. The summed E-state index contributed by atoms with van der Waals surface area (Å²) >= 11 is 0. The van der Waals surface area contributed by atoms with Crippen molar-refractivity contribution in [3.8, 4) is 0 Å². The van der Waals surface area contributed by atoms with Crippen LogP contribution in [0.2, 0.25) is 0 Å². The van der Waals surface area contributed by atoms with Crippen molar-refractivity contribution in [2.24, 2.45) is 5.73 Å². The number of rotatable bonds is 7. The fourth-order valence-electron chi connectivity index (χ4n) is 2.32.